The van der Waals surface area contributed by atoms with Crippen LogP contribution in [0.15, 0.2) is 24.3 Å². The lowest BCUT2D eigenvalue weighted by molar-refractivity contribution is 0.0570. The van der Waals surface area contributed by atoms with E-state index in [2.05, 4.69) is 4.72 Å². The molecule has 1 aliphatic heterocycles. The predicted octanol–water partition coefficient (Wildman–Crippen LogP) is 1.32. The zero-order valence-corrected chi connectivity index (χ0v) is 11.6. The van der Waals surface area contributed by atoms with Gasteiger partial charge in [0.1, 0.15) is 5.82 Å². The molecule has 1 heterocycles. The summed E-state index contributed by atoms with van der Waals surface area (Å²) in [5, 5.41) is -0.477. The summed E-state index contributed by atoms with van der Waals surface area (Å²) in [7, 11) is -1.90. The highest BCUT2D eigenvalue weighted by molar-refractivity contribution is 7.90. The maximum atomic E-state index is 13.2. The van der Waals surface area contributed by atoms with Crippen molar-refractivity contribution in [2.24, 2.45) is 5.92 Å². The minimum atomic E-state index is -3.32. The first-order valence-electron chi connectivity index (χ1n) is 6.27. The fraction of sp³-hybridized carbons (Fsp3) is 0.538. The van der Waals surface area contributed by atoms with Gasteiger partial charge >= 0.3 is 0 Å². The van der Waals surface area contributed by atoms with Gasteiger partial charge in [-0.05, 0) is 37.6 Å². The van der Waals surface area contributed by atoms with E-state index in [1.807, 2.05) is 0 Å². The molecule has 0 radical (unpaired) electrons. The topological polar surface area (TPSA) is 55.4 Å². The molecule has 2 rings (SSSR count). The van der Waals surface area contributed by atoms with Crippen LogP contribution >= 0.6 is 0 Å². The lowest BCUT2D eigenvalue weighted by Crippen LogP contribution is -2.43. The number of ether oxygens (including phenoxy) is 1. The molecule has 1 aromatic rings. The van der Waals surface area contributed by atoms with Crippen LogP contribution in [0.5, 0.6) is 0 Å². The zero-order chi connectivity index (χ0) is 13.9. The first kappa shape index (κ1) is 14.4. The highest BCUT2D eigenvalue weighted by atomic mass is 32.2. The molecule has 1 aromatic carbocycles. The van der Waals surface area contributed by atoms with Gasteiger partial charge in [-0.15, -0.1) is 0 Å². The van der Waals surface area contributed by atoms with E-state index in [0.717, 1.165) is 5.56 Å². The maximum Gasteiger partial charge on any atom is 0.214 e. The third-order valence-corrected chi connectivity index (χ3v) is 5.46. The van der Waals surface area contributed by atoms with Crippen molar-refractivity contribution in [2.45, 2.75) is 18.1 Å². The lowest BCUT2D eigenvalue weighted by atomic mass is 9.93. The van der Waals surface area contributed by atoms with E-state index in [1.165, 1.54) is 19.2 Å². The smallest absolute Gasteiger partial charge is 0.214 e. The molecule has 106 valence electrons. The Labute approximate surface area is 113 Å². The molecule has 2 atom stereocenters. The van der Waals surface area contributed by atoms with Gasteiger partial charge in [0.15, 0.2) is 0 Å². The molecule has 4 nitrogen and oxygen atoms in total. The number of sulfonamides is 1. The largest absolute Gasteiger partial charge is 0.381 e. The van der Waals surface area contributed by atoms with Gasteiger partial charge in [-0.2, -0.15) is 0 Å². The number of hydrogen-bond acceptors (Lipinski definition) is 3. The predicted molar refractivity (Wildman–Crippen MR) is 70.8 cm³/mol. The monoisotopic (exact) mass is 287 g/mol. The van der Waals surface area contributed by atoms with Crippen molar-refractivity contribution in [1.82, 2.24) is 4.72 Å². The van der Waals surface area contributed by atoms with Crippen molar-refractivity contribution < 1.29 is 17.5 Å². The summed E-state index contributed by atoms with van der Waals surface area (Å²) in [6.07, 6.45) is 0.979. The van der Waals surface area contributed by atoms with Gasteiger partial charge in [0.2, 0.25) is 10.0 Å². The van der Waals surface area contributed by atoms with Crippen LogP contribution in [0.4, 0.5) is 4.39 Å². The van der Waals surface area contributed by atoms with Gasteiger partial charge < -0.3 is 4.74 Å². The normalized spacial score (nSPS) is 24.3. The molecule has 6 heteroatoms. The van der Waals surface area contributed by atoms with E-state index in [4.69, 9.17) is 4.74 Å². The molecule has 1 fully saturated rings. The Kier molecular flexibility index (Phi) is 4.54. The van der Waals surface area contributed by atoms with Gasteiger partial charge in [-0.25, -0.2) is 17.5 Å². The van der Waals surface area contributed by atoms with Crippen LogP contribution in [-0.2, 0) is 21.2 Å². The molecular formula is C13H18FNO3S. The first-order valence-corrected chi connectivity index (χ1v) is 7.82. The number of hydrogen-bond donors (Lipinski definition) is 1. The van der Waals surface area contributed by atoms with Crippen molar-refractivity contribution >= 4 is 10.0 Å². The molecule has 0 aromatic heterocycles. The summed E-state index contributed by atoms with van der Waals surface area (Å²) in [6, 6.07) is 6.26. The lowest BCUT2D eigenvalue weighted by Gasteiger charge is -2.30. The molecule has 1 N–H and O–H groups in total. The average Bonchev–Trinajstić information content (AvgIpc) is 2.39. The van der Waals surface area contributed by atoms with E-state index in [-0.39, 0.29) is 11.7 Å². The standard InChI is InChI=1S/C13H18FNO3S/c1-15-19(16,17)13-5-6-18-9-11(13)7-10-3-2-4-12(14)8-10/h2-4,8,11,13,15H,5-7,9H2,1H3/t11-,13+/m1/s1. The highest BCUT2D eigenvalue weighted by Crippen LogP contribution is 2.25. The minimum Gasteiger partial charge on any atom is -0.381 e. The van der Waals surface area contributed by atoms with Crippen LogP contribution in [0.3, 0.4) is 0 Å². The summed E-state index contributed by atoms with van der Waals surface area (Å²) < 4.78 is 44.9. The minimum absolute atomic E-state index is 0.145. The third-order valence-electron chi connectivity index (χ3n) is 3.47. The molecule has 1 aliphatic rings. The van der Waals surface area contributed by atoms with Gasteiger partial charge in [0.25, 0.3) is 0 Å². The van der Waals surface area contributed by atoms with Crippen molar-refractivity contribution in [3.05, 3.63) is 35.6 Å². The zero-order valence-electron chi connectivity index (χ0n) is 10.8. The second kappa shape index (κ2) is 5.98. The molecule has 0 aliphatic carbocycles. The number of benzene rings is 1. The van der Waals surface area contributed by atoms with E-state index in [9.17, 15) is 12.8 Å². The summed E-state index contributed by atoms with van der Waals surface area (Å²) in [5.41, 5.74) is 0.798. The first-order chi connectivity index (χ1) is 9.03. The molecule has 19 heavy (non-hydrogen) atoms. The molecular weight excluding hydrogens is 269 g/mol. The average molecular weight is 287 g/mol. The molecule has 0 spiro atoms. The van der Waals surface area contributed by atoms with Crippen LogP contribution < -0.4 is 4.72 Å². The quantitative estimate of drug-likeness (QED) is 0.909. The van der Waals surface area contributed by atoms with Gasteiger partial charge in [-0.1, -0.05) is 12.1 Å². The second-order valence-corrected chi connectivity index (χ2v) is 6.85. The number of rotatable bonds is 4. The van der Waals surface area contributed by atoms with Gasteiger partial charge in [-0.3, -0.25) is 0 Å². The third kappa shape index (κ3) is 3.52. The molecule has 0 saturated carbocycles. The molecule has 0 unspecified atom stereocenters. The van der Waals surface area contributed by atoms with Crippen LogP contribution in [0, 0.1) is 11.7 Å². The molecule has 0 bridgehead atoms. The molecule has 1 saturated heterocycles. The Morgan fingerprint density at radius 1 is 1.47 bits per heavy atom. The fourth-order valence-corrected chi connectivity index (χ4v) is 3.88. The van der Waals surface area contributed by atoms with E-state index in [1.54, 1.807) is 12.1 Å². The summed E-state index contributed by atoms with van der Waals surface area (Å²) in [6.45, 7) is 0.841. The molecule has 0 amide bonds. The van der Waals surface area contributed by atoms with Crippen LogP contribution in [0.2, 0.25) is 0 Å². The Morgan fingerprint density at radius 2 is 2.26 bits per heavy atom. The number of halogens is 1. The van der Waals surface area contributed by atoms with Crippen molar-refractivity contribution in [3.8, 4) is 0 Å². The van der Waals surface area contributed by atoms with Crippen LogP contribution in [0.1, 0.15) is 12.0 Å². The van der Waals surface area contributed by atoms with Crippen molar-refractivity contribution in [3.63, 3.8) is 0 Å². The maximum absolute atomic E-state index is 13.2. The fourth-order valence-electron chi connectivity index (χ4n) is 2.49. The van der Waals surface area contributed by atoms with Crippen molar-refractivity contribution in [1.29, 1.82) is 0 Å². The van der Waals surface area contributed by atoms with Crippen molar-refractivity contribution in [2.75, 3.05) is 20.3 Å². The van der Waals surface area contributed by atoms with Gasteiger partial charge in [0, 0.05) is 12.5 Å². The Hall–Kier alpha value is -0.980. The Balaban J connectivity index is 2.17. The SMILES string of the molecule is CNS(=O)(=O)[C@H]1CCOC[C@H]1Cc1cccc(F)c1. The van der Waals surface area contributed by atoms with Crippen LogP contribution in [0.25, 0.3) is 0 Å². The highest BCUT2D eigenvalue weighted by Gasteiger charge is 2.35. The van der Waals surface area contributed by atoms with E-state index >= 15 is 0 Å². The Bertz CT molecular complexity index is 532. The summed E-state index contributed by atoms with van der Waals surface area (Å²) in [4.78, 5) is 0. The second-order valence-electron chi connectivity index (χ2n) is 4.75. The van der Waals surface area contributed by atoms with E-state index in [0.29, 0.717) is 26.1 Å². The number of nitrogens with one attached hydrogen (secondary N) is 1. The summed E-state index contributed by atoms with van der Waals surface area (Å²) >= 11 is 0. The Morgan fingerprint density at radius 3 is 2.95 bits per heavy atom. The van der Waals surface area contributed by atoms with Crippen LogP contribution in [-0.4, -0.2) is 33.9 Å². The van der Waals surface area contributed by atoms with Gasteiger partial charge in [0.05, 0.1) is 11.9 Å². The van der Waals surface area contributed by atoms with E-state index < -0.39 is 15.3 Å². The summed E-state index contributed by atoms with van der Waals surface area (Å²) in [5.74, 6) is -0.449.